The van der Waals surface area contributed by atoms with Crippen LogP contribution in [0.15, 0.2) is 24.3 Å². The van der Waals surface area contributed by atoms with E-state index >= 15 is 0 Å². The molecule has 1 atom stereocenters. The van der Waals surface area contributed by atoms with Gasteiger partial charge in [0.15, 0.2) is 0 Å². The van der Waals surface area contributed by atoms with Crippen LogP contribution in [0.3, 0.4) is 0 Å². The van der Waals surface area contributed by atoms with E-state index in [9.17, 15) is 9.18 Å². The number of nitrogens with one attached hydrogen (secondary N) is 1. The van der Waals surface area contributed by atoms with Gasteiger partial charge >= 0.3 is 6.03 Å². The van der Waals surface area contributed by atoms with Crippen molar-refractivity contribution in [3.63, 3.8) is 0 Å². The van der Waals surface area contributed by atoms with Crippen molar-refractivity contribution >= 4 is 6.03 Å². The quantitative estimate of drug-likeness (QED) is 0.929. The van der Waals surface area contributed by atoms with Gasteiger partial charge in [-0.05, 0) is 36.5 Å². The standard InChI is InChI=1S/C18H25FN2O2/c1-14(15-3-5-16(19)6-4-15)11-20-17(22)21-9-10-23-13-18(12-21)7-2-8-18/h3-6,14H,2,7-13H2,1H3,(H,20,22). The SMILES string of the molecule is CC(CNC(=O)N1CCOCC2(CCC2)C1)c1ccc(F)cc1. The Morgan fingerprint density at radius 2 is 2.13 bits per heavy atom. The number of halogens is 1. The summed E-state index contributed by atoms with van der Waals surface area (Å²) in [7, 11) is 0. The molecule has 1 heterocycles. The lowest BCUT2D eigenvalue weighted by atomic mass is 9.69. The van der Waals surface area contributed by atoms with Gasteiger partial charge < -0.3 is 15.0 Å². The first kappa shape index (κ1) is 16.2. The highest BCUT2D eigenvalue weighted by atomic mass is 19.1. The monoisotopic (exact) mass is 320 g/mol. The number of hydrogen-bond donors (Lipinski definition) is 1. The van der Waals surface area contributed by atoms with Crippen LogP contribution in [0.5, 0.6) is 0 Å². The van der Waals surface area contributed by atoms with Crippen LogP contribution in [0.25, 0.3) is 0 Å². The second kappa shape index (κ2) is 6.87. The smallest absolute Gasteiger partial charge is 0.317 e. The molecular formula is C18H25FN2O2. The number of nitrogens with zero attached hydrogens (tertiary/aromatic N) is 1. The number of rotatable bonds is 3. The molecule has 1 saturated heterocycles. The summed E-state index contributed by atoms with van der Waals surface area (Å²) in [6.45, 7) is 5.43. The fourth-order valence-electron chi connectivity index (χ4n) is 3.41. The summed E-state index contributed by atoms with van der Waals surface area (Å²) in [6.07, 6.45) is 3.55. The molecule has 3 rings (SSSR count). The van der Waals surface area contributed by atoms with E-state index in [0.29, 0.717) is 19.7 Å². The lowest BCUT2D eigenvalue weighted by Crippen LogP contribution is -2.49. The van der Waals surface area contributed by atoms with E-state index in [0.717, 1.165) is 31.6 Å². The van der Waals surface area contributed by atoms with Crippen molar-refractivity contribution in [3.05, 3.63) is 35.6 Å². The van der Waals surface area contributed by atoms with E-state index in [-0.39, 0.29) is 23.2 Å². The van der Waals surface area contributed by atoms with Crippen molar-refractivity contribution in [2.75, 3.05) is 32.8 Å². The van der Waals surface area contributed by atoms with Gasteiger partial charge in [0.05, 0.1) is 13.2 Å². The summed E-state index contributed by atoms with van der Waals surface area (Å²) >= 11 is 0. The van der Waals surface area contributed by atoms with Crippen LogP contribution >= 0.6 is 0 Å². The number of urea groups is 1. The lowest BCUT2D eigenvalue weighted by molar-refractivity contribution is 0.0126. The highest BCUT2D eigenvalue weighted by Crippen LogP contribution is 2.42. The Kier molecular flexibility index (Phi) is 4.85. The maximum atomic E-state index is 13.0. The van der Waals surface area contributed by atoms with Crippen molar-refractivity contribution < 1.29 is 13.9 Å². The zero-order chi connectivity index (χ0) is 16.3. The summed E-state index contributed by atoms with van der Waals surface area (Å²) in [6, 6.07) is 6.45. The topological polar surface area (TPSA) is 41.6 Å². The molecule has 2 aliphatic rings. The highest BCUT2D eigenvalue weighted by molar-refractivity contribution is 5.74. The van der Waals surface area contributed by atoms with Gasteiger partial charge in [-0.15, -0.1) is 0 Å². The average Bonchev–Trinajstić information content (AvgIpc) is 2.76. The molecule has 1 unspecified atom stereocenters. The predicted molar refractivity (Wildman–Crippen MR) is 86.9 cm³/mol. The second-order valence-corrected chi connectivity index (χ2v) is 6.97. The maximum absolute atomic E-state index is 13.0. The number of carbonyl (C=O) groups is 1. The number of benzene rings is 1. The van der Waals surface area contributed by atoms with Crippen LogP contribution in [0, 0.1) is 11.2 Å². The first-order valence-electron chi connectivity index (χ1n) is 8.44. The first-order chi connectivity index (χ1) is 11.1. The number of ether oxygens (including phenoxy) is 1. The molecule has 4 nitrogen and oxygen atoms in total. The van der Waals surface area contributed by atoms with E-state index in [1.807, 2.05) is 11.8 Å². The van der Waals surface area contributed by atoms with Crippen molar-refractivity contribution in [2.45, 2.75) is 32.1 Å². The molecule has 1 spiro atoms. The number of hydrogen-bond acceptors (Lipinski definition) is 2. The zero-order valence-corrected chi connectivity index (χ0v) is 13.7. The van der Waals surface area contributed by atoms with Gasteiger partial charge in [0.25, 0.3) is 0 Å². The summed E-state index contributed by atoms with van der Waals surface area (Å²) < 4.78 is 18.7. The van der Waals surface area contributed by atoms with Crippen LogP contribution < -0.4 is 5.32 Å². The van der Waals surface area contributed by atoms with E-state index in [4.69, 9.17) is 4.74 Å². The highest BCUT2D eigenvalue weighted by Gasteiger charge is 2.41. The van der Waals surface area contributed by atoms with E-state index in [1.54, 1.807) is 12.1 Å². The first-order valence-corrected chi connectivity index (χ1v) is 8.44. The predicted octanol–water partition coefficient (Wildman–Crippen LogP) is 3.14. The van der Waals surface area contributed by atoms with Gasteiger partial charge in [-0.25, -0.2) is 9.18 Å². The maximum Gasteiger partial charge on any atom is 0.317 e. The van der Waals surface area contributed by atoms with Gasteiger partial charge in [-0.2, -0.15) is 0 Å². The third kappa shape index (κ3) is 3.83. The molecule has 1 aromatic carbocycles. The van der Waals surface area contributed by atoms with E-state index in [1.165, 1.54) is 18.6 Å². The fourth-order valence-corrected chi connectivity index (χ4v) is 3.41. The number of carbonyl (C=O) groups excluding carboxylic acids is 1. The fraction of sp³-hybridized carbons (Fsp3) is 0.611. The van der Waals surface area contributed by atoms with E-state index in [2.05, 4.69) is 5.32 Å². The van der Waals surface area contributed by atoms with Gasteiger partial charge in [0, 0.05) is 25.0 Å². The minimum atomic E-state index is -0.236. The molecule has 0 radical (unpaired) electrons. The summed E-state index contributed by atoms with van der Waals surface area (Å²) in [5, 5.41) is 3.02. The normalized spacial score (nSPS) is 21.4. The third-order valence-electron chi connectivity index (χ3n) is 5.14. The van der Waals surface area contributed by atoms with Crippen molar-refractivity contribution in [2.24, 2.45) is 5.41 Å². The number of amides is 2. The average molecular weight is 320 g/mol. The molecule has 1 N–H and O–H groups in total. The summed E-state index contributed by atoms with van der Waals surface area (Å²) in [5.74, 6) is -0.0826. The Hall–Kier alpha value is -1.62. The van der Waals surface area contributed by atoms with Gasteiger partial charge in [0.1, 0.15) is 5.82 Å². The van der Waals surface area contributed by atoms with Crippen LogP contribution in [0.1, 0.15) is 37.7 Å². The molecule has 126 valence electrons. The molecule has 1 aliphatic carbocycles. The largest absolute Gasteiger partial charge is 0.379 e. The minimum absolute atomic E-state index is 0.0178. The summed E-state index contributed by atoms with van der Waals surface area (Å²) in [4.78, 5) is 14.4. The van der Waals surface area contributed by atoms with Crippen LogP contribution in [-0.4, -0.2) is 43.8 Å². The summed E-state index contributed by atoms with van der Waals surface area (Å²) in [5.41, 5.74) is 1.22. The molecule has 5 heteroatoms. The van der Waals surface area contributed by atoms with Crippen molar-refractivity contribution in [1.29, 1.82) is 0 Å². The van der Waals surface area contributed by atoms with Crippen LogP contribution in [0.4, 0.5) is 9.18 Å². The molecule has 2 amide bonds. The van der Waals surface area contributed by atoms with E-state index < -0.39 is 0 Å². The molecule has 0 aromatic heterocycles. The Morgan fingerprint density at radius 3 is 2.78 bits per heavy atom. The molecule has 0 bridgehead atoms. The molecule has 1 saturated carbocycles. The Morgan fingerprint density at radius 1 is 1.39 bits per heavy atom. The van der Waals surface area contributed by atoms with Gasteiger partial charge in [-0.3, -0.25) is 0 Å². The molecular weight excluding hydrogens is 295 g/mol. The Bertz CT molecular complexity index is 542. The second-order valence-electron chi connectivity index (χ2n) is 6.97. The third-order valence-corrected chi connectivity index (χ3v) is 5.14. The van der Waals surface area contributed by atoms with Crippen LogP contribution in [0.2, 0.25) is 0 Å². The minimum Gasteiger partial charge on any atom is -0.379 e. The van der Waals surface area contributed by atoms with Crippen molar-refractivity contribution in [1.82, 2.24) is 10.2 Å². The lowest BCUT2D eigenvalue weighted by Gasteiger charge is -2.42. The van der Waals surface area contributed by atoms with Crippen molar-refractivity contribution in [3.8, 4) is 0 Å². The Labute approximate surface area is 137 Å². The molecule has 2 fully saturated rings. The van der Waals surface area contributed by atoms with Crippen LogP contribution in [-0.2, 0) is 4.74 Å². The molecule has 1 aromatic rings. The zero-order valence-electron chi connectivity index (χ0n) is 13.7. The van der Waals surface area contributed by atoms with Gasteiger partial charge in [-0.1, -0.05) is 25.5 Å². The Balaban J connectivity index is 1.52. The van der Waals surface area contributed by atoms with Gasteiger partial charge in [0.2, 0.25) is 0 Å². The molecule has 1 aliphatic heterocycles. The molecule has 23 heavy (non-hydrogen) atoms.